The number of hydrogen-bond acceptors (Lipinski definition) is 4. The number of cyclic esters (lactones) is 1. The Morgan fingerprint density at radius 2 is 2.40 bits per heavy atom. The molecule has 2 fully saturated rings. The Balaban J connectivity index is 1.96. The molecule has 0 unspecified atom stereocenters. The van der Waals surface area contributed by atoms with E-state index in [1.807, 2.05) is 6.08 Å². The number of ether oxygens (including phenoxy) is 1. The molecule has 2 aliphatic heterocycles. The van der Waals surface area contributed by atoms with Crippen LogP contribution in [0.4, 0.5) is 4.79 Å². The second-order valence-electron chi connectivity index (χ2n) is 3.90. The Morgan fingerprint density at radius 1 is 1.67 bits per heavy atom. The van der Waals surface area contributed by atoms with Crippen LogP contribution in [0.15, 0.2) is 12.7 Å². The minimum absolute atomic E-state index is 0.0926. The molecule has 2 rings (SSSR count). The summed E-state index contributed by atoms with van der Waals surface area (Å²) in [6.07, 6.45) is 1.70. The van der Waals surface area contributed by atoms with Crippen molar-refractivity contribution in [3.05, 3.63) is 12.7 Å². The van der Waals surface area contributed by atoms with Gasteiger partial charge in [0.05, 0.1) is 6.54 Å². The Labute approximate surface area is 92.6 Å². The maximum Gasteiger partial charge on any atom is 0.416 e. The van der Waals surface area contributed by atoms with E-state index in [4.69, 9.17) is 4.74 Å². The average molecular weight is 227 g/mol. The van der Waals surface area contributed by atoms with Gasteiger partial charge in [-0.1, -0.05) is 6.08 Å². The van der Waals surface area contributed by atoms with Gasteiger partial charge in [0.25, 0.3) is 0 Å². The third-order valence-electron chi connectivity index (χ3n) is 2.78. The van der Waals surface area contributed by atoms with Gasteiger partial charge in [-0.2, -0.15) is 11.8 Å². The summed E-state index contributed by atoms with van der Waals surface area (Å²) in [5.41, 5.74) is -0.0926. The second-order valence-corrected chi connectivity index (χ2v) is 4.88. The van der Waals surface area contributed by atoms with Crippen molar-refractivity contribution in [3.63, 3.8) is 0 Å². The van der Waals surface area contributed by atoms with E-state index in [-0.39, 0.29) is 11.3 Å². The van der Waals surface area contributed by atoms with Crippen molar-refractivity contribution in [2.24, 2.45) is 5.41 Å². The van der Waals surface area contributed by atoms with Crippen LogP contribution in [-0.4, -0.2) is 41.6 Å². The summed E-state index contributed by atoms with van der Waals surface area (Å²) in [7, 11) is 0. The van der Waals surface area contributed by atoms with E-state index in [1.54, 1.807) is 11.8 Å². The summed E-state index contributed by atoms with van der Waals surface area (Å²) in [5, 5.41) is 0. The molecule has 82 valence electrons. The van der Waals surface area contributed by atoms with Crippen LogP contribution in [0.3, 0.4) is 0 Å². The van der Waals surface area contributed by atoms with E-state index in [1.165, 1.54) is 4.90 Å². The Hall–Kier alpha value is -0.970. The van der Waals surface area contributed by atoms with Crippen LogP contribution in [0, 0.1) is 5.41 Å². The van der Waals surface area contributed by atoms with Gasteiger partial charge in [0, 0.05) is 23.3 Å². The highest BCUT2D eigenvalue weighted by Gasteiger charge is 2.40. The largest absolute Gasteiger partial charge is 0.447 e. The van der Waals surface area contributed by atoms with E-state index in [2.05, 4.69) is 6.58 Å². The summed E-state index contributed by atoms with van der Waals surface area (Å²) in [4.78, 5) is 24.1. The van der Waals surface area contributed by atoms with Gasteiger partial charge in [-0.05, 0) is 0 Å². The molecular weight excluding hydrogens is 214 g/mol. The molecular formula is C10H13NO3S. The van der Waals surface area contributed by atoms with Crippen LogP contribution in [0.2, 0.25) is 0 Å². The van der Waals surface area contributed by atoms with Crippen molar-refractivity contribution in [3.8, 4) is 0 Å². The number of carbonyl (C=O) groups excluding carboxylic acids is 2. The zero-order valence-electron chi connectivity index (χ0n) is 8.40. The number of hydrogen-bond donors (Lipinski definition) is 0. The van der Waals surface area contributed by atoms with E-state index in [0.717, 1.165) is 11.5 Å². The van der Waals surface area contributed by atoms with Crippen LogP contribution in [-0.2, 0) is 9.53 Å². The van der Waals surface area contributed by atoms with Gasteiger partial charge < -0.3 is 4.74 Å². The minimum atomic E-state index is -0.508. The van der Waals surface area contributed by atoms with Gasteiger partial charge in [0.15, 0.2) is 0 Å². The Morgan fingerprint density at radius 3 is 2.80 bits per heavy atom. The van der Waals surface area contributed by atoms with Crippen LogP contribution < -0.4 is 0 Å². The highest BCUT2D eigenvalue weighted by molar-refractivity contribution is 8.00. The monoisotopic (exact) mass is 227 g/mol. The molecule has 0 aliphatic carbocycles. The molecule has 2 amide bonds. The number of nitrogens with zero attached hydrogens (tertiary/aromatic N) is 1. The highest BCUT2D eigenvalue weighted by atomic mass is 32.2. The zero-order chi connectivity index (χ0) is 10.9. The van der Waals surface area contributed by atoms with Crippen molar-refractivity contribution in [1.29, 1.82) is 0 Å². The van der Waals surface area contributed by atoms with Gasteiger partial charge in [-0.25, -0.2) is 9.69 Å². The summed E-state index contributed by atoms with van der Waals surface area (Å²) in [6.45, 7) is 4.46. The topological polar surface area (TPSA) is 46.6 Å². The molecule has 0 atom stereocenters. The summed E-state index contributed by atoms with van der Waals surface area (Å²) < 4.78 is 4.72. The number of rotatable bonds is 3. The third kappa shape index (κ3) is 1.88. The molecule has 4 nitrogen and oxygen atoms in total. The predicted octanol–water partition coefficient (Wildman–Crippen LogP) is 1.27. The molecule has 2 saturated heterocycles. The maximum absolute atomic E-state index is 11.8. The van der Waals surface area contributed by atoms with E-state index in [0.29, 0.717) is 19.6 Å². The van der Waals surface area contributed by atoms with Gasteiger partial charge in [-0.15, -0.1) is 6.58 Å². The third-order valence-corrected chi connectivity index (χ3v) is 4.34. The van der Waals surface area contributed by atoms with Crippen molar-refractivity contribution >= 4 is 23.8 Å². The van der Waals surface area contributed by atoms with Crippen molar-refractivity contribution in [2.45, 2.75) is 6.42 Å². The molecule has 0 saturated carbocycles. The first kappa shape index (κ1) is 10.5. The highest BCUT2D eigenvalue weighted by Crippen LogP contribution is 2.42. The van der Waals surface area contributed by atoms with Gasteiger partial charge >= 0.3 is 6.09 Å². The molecule has 0 aromatic heterocycles. The van der Waals surface area contributed by atoms with Gasteiger partial charge in [0.1, 0.15) is 6.61 Å². The maximum atomic E-state index is 11.8. The molecule has 0 bridgehead atoms. The first-order chi connectivity index (χ1) is 7.17. The number of imide groups is 1. The van der Waals surface area contributed by atoms with E-state index < -0.39 is 6.09 Å². The zero-order valence-corrected chi connectivity index (χ0v) is 9.22. The Kier molecular flexibility index (Phi) is 2.73. The molecule has 0 N–H and O–H groups in total. The fourth-order valence-corrected chi connectivity index (χ4v) is 2.84. The number of carbonyl (C=O) groups is 2. The first-order valence-corrected chi connectivity index (χ1v) is 6.01. The smallest absolute Gasteiger partial charge is 0.416 e. The van der Waals surface area contributed by atoms with Crippen LogP contribution in [0.1, 0.15) is 6.42 Å². The molecule has 2 aliphatic rings. The second kappa shape index (κ2) is 3.89. The first-order valence-electron chi connectivity index (χ1n) is 4.85. The lowest BCUT2D eigenvalue weighted by Gasteiger charge is -2.38. The van der Waals surface area contributed by atoms with Crippen molar-refractivity contribution < 1.29 is 14.3 Å². The molecule has 0 radical (unpaired) electrons. The standard InChI is InChI=1S/C10H13NO3S/c1-2-10(6-15-7-10)5-8(12)11-3-4-14-9(11)13/h2H,1,3-7H2. The SMILES string of the molecule is C=CC1(CC(=O)N2CCOC2=O)CSC1. The van der Waals surface area contributed by atoms with Gasteiger partial charge in [-0.3, -0.25) is 4.79 Å². The summed E-state index contributed by atoms with van der Waals surface area (Å²) in [5.74, 6) is 1.70. The quantitative estimate of drug-likeness (QED) is 0.681. The molecule has 0 spiro atoms. The molecule has 0 aromatic carbocycles. The summed E-state index contributed by atoms with van der Waals surface area (Å²) >= 11 is 1.80. The molecule has 5 heteroatoms. The number of amides is 2. The predicted molar refractivity (Wildman–Crippen MR) is 57.6 cm³/mol. The number of thioether (sulfide) groups is 1. The Bertz CT molecular complexity index is 312. The van der Waals surface area contributed by atoms with E-state index in [9.17, 15) is 9.59 Å². The van der Waals surface area contributed by atoms with Crippen molar-refractivity contribution in [1.82, 2.24) is 4.90 Å². The van der Waals surface area contributed by atoms with E-state index >= 15 is 0 Å². The van der Waals surface area contributed by atoms with Crippen LogP contribution in [0.25, 0.3) is 0 Å². The van der Waals surface area contributed by atoms with Crippen LogP contribution >= 0.6 is 11.8 Å². The molecule has 2 heterocycles. The van der Waals surface area contributed by atoms with Crippen LogP contribution in [0.5, 0.6) is 0 Å². The fourth-order valence-electron chi connectivity index (χ4n) is 1.67. The molecule has 0 aromatic rings. The lowest BCUT2D eigenvalue weighted by atomic mass is 9.87. The normalized spacial score (nSPS) is 23.2. The lowest BCUT2D eigenvalue weighted by molar-refractivity contribution is -0.129. The number of allylic oxidation sites excluding steroid dienone is 1. The lowest BCUT2D eigenvalue weighted by Crippen LogP contribution is -2.41. The van der Waals surface area contributed by atoms with Gasteiger partial charge in [0.2, 0.25) is 5.91 Å². The average Bonchev–Trinajstić information content (AvgIpc) is 2.58. The van der Waals surface area contributed by atoms with Crippen molar-refractivity contribution in [2.75, 3.05) is 24.7 Å². The minimum Gasteiger partial charge on any atom is -0.447 e. The summed E-state index contributed by atoms with van der Waals surface area (Å²) in [6, 6.07) is 0. The molecule has 15 heavy (non-hydrogen) atoms. The fraction of sp³-hybridized carbons (Fsp3) is 0.600.